The van der Waals surface area contributed by atoms with Gasteiger partial charge in [0.1, 0.15) is 17.4 Å². The molecule has 2 amide bonds. The Balaban J connectivity index is 1.15. The van der Waals surface area contributed by atoms with Crippen LogP contribution in [-0.2, 0) is 29.0 Å². The predicted octanol–water partition coefficient (Wildman–Crippen LogP) is 4.22. The van der Waals surface area contributed by atoms with Crippen LogP contribution in [0.1, 0.15) is 55.7 Å². The molecule has 0 saturated carbocycles. The highest BCUT2D eigenvalue weighted by Gasteiger charge is 2.37. The highest BCUT2D eigenvalue weighted by molar-refractivity contribution is 5.83. The van der Waals surface area contributed by atoms with Crippen LogP contribution in [0.5, 0.6) is 0 Å². The number of furan rings is 1. The number of benzene rings is 3. The van der Waals surface area contributed by atoms with Crippen molar-refractivity contribution in [2.45, 2.75) is 76.4 Å². The van der Waals surface area contributed by atoms with E-state index >= 15 is 0 Å². The zero-order valence-electron chi connectivity index (χ0n) is 28.1. The Morgan fingerprint density at radius 3 is 2.48 bits per heavy atom. The van der Waals surface area contributed by atoms with E-state index in [0.29, 0.717) is 39.0 Å². The minimum atomic E-state index is -0.850. The van der Waals surface area contributed by atoms with Crippen LogP contribution < -0.4 is 10.6 Å². The normalized spacial score (nSPS) is 21.5. The molecule has 9 heteroatoms. The molecule has 1 fully saturated rings. The molecule has 48 heavy (non-hydrogen) atoms. The summed E-state index contributed by atoms with van der Waals surface area (Å²) in [7, 11) is 0. The first-order chi connectivity index (χ1) is 23.0. The Bertz CT molecular complexity index is 1670. The van der Waals surface area contributed by atoms with Gasteiger partial charge >= 0.3 is 0 Å². The lowest BCUT2D eigenvalue weighted by molar-refractivity contribution is -0.132. The monoisotopic (exact) mass is 652 g/mol. The second kappa shape index (κ2) is 14.6. The van der Waals surface area contributed by atoms with Gasteiger partial charge < -0.3 is 25.3 Å². The number of para-hydroxylation sites is 1. The van der Waals surface area contributed by atoms with E-state index < -0.39 is 35.7 Å². The molecular formula is C39H48N4O5. The third kappa shape index (κ3) is 8.33. The van der Waals surface area contributed by atoms with Crippen LogP contribution in [0, 0.1) is 5.92 Å². The van der Waals surface area contributed by atoms with Crippen molar-refractivity contribution >= 4 is 22.8 Å². The number of hydrogen-bond acceptors (Lipinski definition) is 7. The third-order valence-electron chi connectivity index (χ3n) is 9.43. The molecular weight excluding hydrogens is 604 g/mol. The number of nitrogens with zero attached hydrogens (tertiary/aromatic N) is 2. The molecule has 9 nitrogen and oxygen atoms in total. The fourth-order valence-electron chi connectivity index (χ4n) is 7.15. The Kier molecular flexibility index (Phi) is 10.3. The van der Waals surface area contributed by atoms with Gasteiger partial charge in [-0.3, -0.25) is 19.4 Å². The van der Waals surface area contributed by atoms with Crippen LogP contribution in [0.3, 0.4) is 0 Å². The standard InChI is InChI=1S/C39H48N4O5/c1-39(2,3)41-38(47)33-25-42(24-31-21-28-14-8-10-16-35(28)48-31)17-18-43(33)23-30(44)20-29(19-26-11-5-4-6-12-26)37(46)40-36-32-15-9-7-13-27(32)22-34(36)45/h4-16,21,29-30,33-34,36,44-45H,17-20,22-25H2,1-3H3,(H,40,46)(H,41,47)/t29-,30+,33+,34-,36+/m1/s1. The van der Waals surface area contributed by atoms with Gasteiger partial charge in [0, 0.05) is 49.4 Å². The Hall–Kier alpha value is -4.02. The Morgan fingerprint density at radius 2 is 1.71 bits per heavy atom. The molecule has 1 saturated heterocycles. The number of aliphatic hydroxyl groups excluding tert-OH is 2. The van der Waals surface area contributed by atoms with Crippen LogP contribution in [-0.4, -0.2) is 81.8 Å². The first-order valence-electron chi connectivity index (χ1n) is 17.1. The molecule has 4 aromatic rings. The number of piperazine rings is 1. The summed E-state index contributed by atoms with van der Waals surface area (Å²) in [5, 5.41) is 29.7. The molecule has 0 bridgehead atoms. The molecule has 1 aromatic heterocycles. The molecule has 6 rings (SSSR count). The quantitative estimate of drug-likeness (QED) is 0.192. The van der Waals surface area contributed by atoms with Gasteiger partial charge in [0.05, 0.1) is 24.8 Å². The zero-order chi connectivity index (χ0) is 33.8. The summed E-state index contributed by atoms with van der Waals surface area (Å²) in [5.41, 5.74) is 3.40. The SMILES string of the molecule is CC(C)(C)NC(=O)[C@@H]1CN(Cc2cc3ccccc3o2)CCN1C[C@@H](O)C[C@@H](Cc1ccccc1)C(=O)N[C@H]1c2ccccc2C[C@H]1O. The van der Waals surface area contributed by atoms with E-state index in [1.54, 1.807) is 0 Å². The molecule has 4 N–H and O–H groups in total. The Labute approximate surface area is 282 Å². The molecule has 0 radical (unpaired) electrons. The number of carbonyl (C=O) groups is 2. The summed E-state index contributed by atoms with van der Waals surface area (Å²) in [5.74, 6) is 0.0378. The third-order valence-corrected chi connectivity index (χ3v) is 9.43. The molecule has 1 aliphatic heterocycles. The van der Waals surface area contributed by atoms with Gasteiger partial charge in [0.15, 0.2) is 0 Å². The van der Waals surface area contributed by atoms with Crippen molar-refractivity contribution in [2.24, 2.45) is 5.92 Å². The average molecular weight is 653 g/mol. The Morgan fingerprint density at radius 1 is 0.979 bits per heavy atom. The number of rotatable bonds is 11. The van der Waals surface area contributed by atoms with Crippen molar-refractivity contribution in [3.05, 3.63) is 107 Å². The molecule has 5 atom stereocenters. The van der Waals surface area contributed by atoms with E-state index in [1.165, 1.54) is 0 Å². The van der Waals surface area contributed by atoms with Crippen molar-refractivity contribution in [2.75, 3.05) is 26.2 Å². The van der Waals surface area contributed by atoms with Crippen LogP contribution in [0.2, 0.25) is 0 Å². The molecule has 3 aromatic carbocycles. The van der Waals surface area contributed by atoms with Gasteiger partial charge in [-0.05, 0) is 62.4 Å². The molecule has 1 aliphatic carbocycles. The van der Waals surface area contributed by atoms with Gasteiger partial charge in [-0.2, -0.15) is 0 Å². The highest BCUT2D eigenvalue weighted by Crippen LogP contribution is 2.32. The molecule has 2 aliphatic rings. The van der Waals surface area contributed by atoms with E-state index in [4.69, 9.17) is 4.42 Å². The molecule has 2 heterocycles. The number of aliphatic hydroxyl groups is 2. The lowest BCUT2D eigenvalue weighted by Gasteiger charge is -2.42. The summed E-state index contributed by atoms with van der Waals surface area (Å²) < 4.78 is 6.08. The van der Waals surface area contributed by atoms with Crippen molar-refractivity contribution in [3.8, 4) is 0 Å². The summed E-state index contributed by atoms with van der Waals surface area (Å²) in [6.07, 6.45) is -0.387. The predicted molar refractivity (Wildman–Crippen MR) is 186 cm³/mol. The summed E-state index contributed by atoms with van der Waals surface area (Å²) >= 11 is 0. The lowest BCUT2D eigenvalue weighted by atomic mass is 9.91. The maximum Gasteiger partial charge on any atom is 0.239 e. The van der Waals surface area contributed by atoms with Crippen molar-refractivity contribution < 1.29 is 24.2 Å². The zero-order valence-corrected chi connectivity index (χ0v) is 28.1. The highest BCUT2D eigenvalue weighted by atomic mass is 16.3. The first kappa shape index (κ1) is 33.9. The van der Waals surface area contributed by atoms with Gasteiger partial charge in [-0.15, -0.1) is 0 Å². The van der Waals surface area contributed by atoms with E-state index in [-0.39, 0.29) is 24.8 Å². The maximum atomic E-state index is 13.9. The number of carbonyl (C=O) groups excluding carboxylic acids is 2. The van der Waals surface area contributed by atoms with Crippen LogP contribution in [0.25, 0.3) is 11.0 Å². The first-order valence-corrected chi connectivity index (χ1v) is 17.1. The number of nitrogens with one attached hydrogen (secondary N) is 2. The minimum absolute atomic E-state index is 0.0866. The van der Waals surface area contributed by atoms with Gasteiger partial charge in [0.2, 0.25) is 11.8 Å². The van der Waals surface area contributed by atoms with Crippen LogP contribution in [0.4, 0.5) is 0 Å². The van der Waals surface area contributed by atoms with Crippen LogP contribution >= 0.6 is 0 Å². The number of amides is 2. The minimum Gasteiger partial charge on any atom is -0.460 e. The van der Waals surface area contributed by atoms with Crippen molar-refractivity contribution in [1.82, 2.24) is 20.4 Å². The molecule has 254 valence electrons. The topological polar surface area (TPSA) is 118 Å². The summed E-state index contributed by atoms with van der Waals surface area (Å²) in [6, 6.07) is 26.6. The maximum absolute atomic E-state index is 13.9. The van der Waals surface area contributed by atoms with E-state index in [0.717, 1.165) is 33.4 Å². The number of fused-ring (bicyclic) bond motifs is 2. The second-order valence-electron chi connectivity index (χ2n) is 14.5. The van der Waals surface area contributed by atoms with E-state index in [2.05, 4.69) is 26.5 Å². The van der Waals surface area contributed by atoms with Crippen LogP contribution in [0.15, 0.2) is 89.3 Å². The smallest absolute Gasteiger partial charge is 0.239 e. The lowest BCUT2D eigenvalue weighted by Crippen LogP contribution is -2.61. The van der Waals surface area contributed by atoms with Crippen molar-refractivity contribution in [3.63, 3.8) is 0 Å². The fourth-order valence-corrected chi connectivity index (χ4v) is 7.15. The van der Waals surface area contributed by atoms with Crippen molar-refractivity contribution in [1.29, 1.82) is 0 Å². The molecule has 0 spiro atoms. The van der Waals surface area contributed by atoms with E-state index in [9.17, 15) is 19.8 Å². The number of β-amino-alcohol motifs (C(OH)–C–C–N with tert-alkyl or cyclic N) is 1. The van der Waals surface area contributed by atoms with Gasteiger partial charge in [0.25, 0.3) is 0 Å². The largest absolute Gasteiger partial charge is 0.460 e. The van der Waals surface area contributed by atoms with E-state index in [1.807, 2.05) is 99.6 Å². The van der Waals surface area contributed by atoms with Gasteiger partial charge in [-0.1, -0.05) is 72.8 Å². The summed E-state index contributed by atoms with van der Waals surface area (Å²) in [6.45, 7) is 8.51. The fraction of sp³-hybridized carbons (Fsp3) is 0.436. The summed E-state index contributed by atoms with van der Waals surface area (Å²) in [4.78, 5) is 31.8. The average Bonchev–Trinajstić information content (AvgIpc) is 3.60. The number of hydrogen-bond donors (Lipinski definition) is 4. The molecule has 0 unspecified atom stereocenters. The van der Waals surface area contributed by atoms with Gasteiger partial charge in [-0.25, -0.2) is 0 Å². The second-order valence-corrected chi connectivity index (χ2v) is 14.5.